The molecule has 19 heavy (non-hydrogen) atoms. The van der Waals surface area contributed by atoms with Crippen molar-refractivity contribution < 1.29 is 5.11 Å². The van der Waals surface area contributed by atoms with E-state index in [1.54, 1.807) is 0 Å². The molecular weight excluding hydrogens is 234 g/mol. The zero-order valence-corrected chi connectivity index (χ0v) is 10.5. The molecule has 2 nitrogen and oxygen atoms in total. The summed E-state index contributed by atoms with van der Waals surface area (Å²) in [5.74, 6) is 0. The van der Waals surface area contributed by atoms with Crippen LogP contribution in [0.4, 0.5) is 11.4 Å². The van der Waals surface area contributed by atoms with Gasteiger partial charge in [0.15, 0.2) is 0 Å². The number of anilines is 2. The molecule has 2 heteroatoms. The second-order valence-corrected chi connectivity index (χ2v) is 4.46. The van der Waals surface area contributed by atoms with Gasteiger partial charge in [0.05, 0.1) is 6.61 Å². The van der Waals surface area contributed by atoms with Crippen LogP contribution in [-0.2, 0) is 6.61 Å². The molecule has 94 valence electrons. The molecule has 3 rings (SSSR count). The molecule has 0 saturated heterocycles. The van der Waals surface area contributed by atoms with Crippen LogP contribution in [0.2, 0.25) is 0 Å². The molecule has 0 radical (unpaired) electrons. The van der Waals surface area contributed by atoms with Crippen molar-refractivity contribution in [2.45, 2.75) is 6.61 Å². The lowest BCUT2D eigenvalue weighted by atomic mass is 10.0. The van der Waals surface area contributed by atoms with Crippen LogP contribution in [0.15, 0.2) is 66.7 Å². The fourth-order valence-electron chi connectivity index (χ4n) is 2.30. The van der Waals surface area contributed by atoms with Gasteiger partial charge in [-0.25, -0.2) is 0 Å². The molecule has 0 atom stereocenters. The van der Waals surface area contributed by atoms with Gasteiger partial charge in [-0.05, 0) is 29.0 Å². The minimum absolute atomic E-state index is 0.0243. The minimum Gasteiger partial charge on any atom is -0.392 e. The minimum atomic E-state index is 0.0243. The van der Waals surface area contributed by atoms with E-state index < -0.39 is 0 Å². The number of nitrogens with one attached hydrogen (secondary N) is 1. The molecule has 0 fully saturated rings. The van der Waals surface area contributed by atoms with Gasteiger partial charge in [0.2, 0.25) is 0 Å². The van der Waals surface area contributed by atoms with Crippen LogP contribution in [0.1, 0.15) is 5.56 Å². The van der Waals surface area contributed by atoms with Crippen LogP contribution < -0.4 is 5.32 Å². The van der Waals surface area contributed by atoms with E-state index in [0.717, 1.165) is 27.7 Å². The van der Waals surface area contributed by atoms with E-state index in [1.807, 2.05) is 54.6 Å². The molecule has 0 unspecified atom stereocenters. The van der Waals surface area contributed by atoms with Gasteiger partial charge in [-0.1, -0.05) is 48.5 Å². The number of benzene rings is 3. The Labute approximate surface area is 112 Å². The molecule has 0 heterocycles. The molecule has 0 saturated carbocycles. The monoisotopic (exact) mass is 249 g/mol. The Morgan fingerprint density at radius 1 is 0.789 bits per heavy atom. The van der Waals surface area contributed by atoms with Gasteiger partial charge in [0.1, 0.15) is 0 Å². The van der Waals surface area contributed by atoms with Crippen LogP contribution in [0.25, 0.3) is 10.8 Å². The van der Waals surface area contributed by atoms with Crippen molar-refractivity contribution in [1.29, 1.82) is 0 Å². The highest BCUT2D eigenvalue weighted by atomic mass is 16.3. The molecule has 3 aromatic carbocycles. The van der Waals surface area contributed by atoms with Crippen molar-refractivity contribution in [3.05, 3.63) is 72.3 Å². The third kappa shape index (κ3) is 2.30. The maximum absolute atomic E-state index is 9.65. The smallest absolute Gasteiger partial charge is 0.0708 e. The van der Waals surface area contributed by atoms with E-state index in [-0.39, 0.29) is 6.61 Å². The van der Waals surface area contributed by atoms with Crippen molar-refractivity contribution in [3.63, 3.8) is 0 Å². The Balaban J connectivity index is 2.08. The first-order chi connectivity index (χ1) is 9.38. The molecule has 0 aliphatic carbocycles. The highest BCUT2D eigenvalue weighted by molar-refractivity contribution is 5.90. The predicted octanol–water partition coefficient (Wildman–Crippen LogP) is 4.08. The van der Waals surface area contributed by atoms with Gasteiger partial charge in [-0.3, -0.25) is 0 Å². The Morgan fingerprint density at radius 2 is 1.53 bits per heavy atom. The third-order valence-corrected chi connectivity index (χ3v) is 3.25. The summed E-state index contributed by atoms with van der Waals surface area (Å²) in [4.78, 5) is 0. The van der Waals surface area contributed by atoms with Gasteiger partial charge in [0, 0.05) is 16.9 Å². The second kappa shape index (κ2) is 5.12. The third-order valence-electron chi connectivity index (χ3n) is 3.25. The second-order valence-electron chi connectivity index (χ2n) is 4.46. The predicted molar refractivity (Wildman–Crippen MR) is 79.6 cm³/mol. The molecule has 2 N–H and O–H groups in total. The summed E-state index contributed by atoms with van der Waals surface area (Å²) in [6, 6.07) is 22.2. The first-order valence-corrected chi connectivity index (χ1v) is 6.32. The van der Waals surface area contributed by atoms with Crippen LogP contribution in [-0.4, -0.2) is 5.11 Å². The summed E-state index contributed by atoms with van der Waals surface area (Å²) < 4.78 is 0. The highest BCUT2D eigenvalue weighted by Gasteiger charge is 2.06. The van der Waals surface area contributed by atoms with Crippen molar-refractivity contribution >= 4 is 22.1 Å². The Kier molecular flexibility index (Phi) is 3.17. The fourth-order valence-corrected chi connectivity index (χ4v) is 2.30. The maximum Gasteiger partial charge on any atom is 0.0708 e. The van der Waals surface area contributed by atoms with Gasteiger partial charge in [-0.15, -0.1) is 0 Å². The molecule has 0 aliphatic heterocycles. The molecule has 3 aromatic rings. The summed E-state index contributed by atoms with van der Waals surface area (Å²) in [7, 11) is 0. The number of aliphatic hydroxyl groups is 1. The summed E-state index contributed by atoms with van der Waals surface area (Å²) >= 11 is 0. The van der Waals surface area contributed by atoms with Crippen LogP contribution in [0.5, 0.6) is 0 Å². The van der Waals surface area contributed by atoms with Gasteiger partial charge in [0.25, 0.3) is 0 Å². The molecule has 0 spiro atoms. The standard InChI is InChI=1S/C17H15NO/c19-12-16-15-9-5-4-6-13(15)10-11-17(16)18-14-7-2-1-3-8-14/h1-11,18-19H,12H2. The number of para-hydroxylation sites is 1. The number of hydrogen-bond donors (Lipinski definition) is 2. The fraction of sp³-hybridized carbons (Fsp3) is 0.0588. The van der Waals surface area contributed by atoms with Crippen LogP contribution >= 0.6 is 0 Å². The zero-order chi connectivity index (χ0) is 13.1. The zero-order valence-electron chi connectivity index (χ0n) is 10.5. The van der Waals surface area contributed by atoms with E-state index in [2.05, 4.69) is 17.4 Å². The highest BCUT2D eigenvalue weighted by Crippen LogP contribution is 2.28. The average Bonchev–Trinajstić information content (AvgIpc) is 2.48. The summed E-state index contributed by atoms with van der Waals surface area (Å²) in [5.41, 5.74) is 2.90. The number of hydrogen-bond acceptors (Lipinski definition) is 2. The normalized spacial score (nSPS) is 10.6. The molecule has 0 amide bonds. The first kappa shape index (κ1) is 11.8. The van der Waals surface area contributed by atoms with E-state index in [1.165, 1.54) is 0 Å². The summed E-state index contributed by atoms with van der Waals surface area (Å²) in [5, 5.41) is 15.2. The van der Waals surface area contributed by atoms with Crippen molar-refractivity contribution in [1.82, 2.24) is 0 Å². The van der Waals surface area contributed by atoms with Gasteiger partial charge >= 0.3 is 0 Å². The van der Waals surface area contributed by atoms with Crippen molar-refractivity contribution in [2.24, 2.45) is 0 Å². The number of fused-ring (bicyclic) bond motifs is 1. The van der Waals surface area contributed by atoms with Gasteiger partial charge < -0.3 is 10.4 Å². The van der Waals surface area contributed by atoms with E-state index in [9.17, 15) is 5.11 Å². The van der Waals surface area contributed by atoms with E-state index in [4.69, 9.17) is 0 Å². The lowest BCUT2D eigenvalue weighted by Crippen LogP contribution is -1.97. The Morgan fingerprint density at radius 3 is 2.32 bits per heavy atom. The first-order valence-electron chi connectivity index (χ1n) is 6.32. The topological polar surface area (TPSA) is 32.3 Å². The number of rotatable bonds is 3. The molecule has 0 bridgehead atoms. The maximum atomic E-state index is 9.65. The lowest BCUT2D eigenvalue weighted by molar-refractivity contribution is 0.284. The summed E-state index contributed by atoms with van der Waals surface area (Å²) in [6.45, 7) is 0.0243. The lowest BCUT2D eigenvalue weighted by Gasteiger charge is -2.13. The van der Waals surface area contributed by atoms with Crippen molar-refractivity contribution in [3.8, 4) is 0 Å². The van der Waals surface area contributed by atoms with Crippen molar-refractivity contribution in [2.75, 3.05) is 5.32 Å². The summed E-state index contributed by atoms with van der Waals surface area (Å²) in [6.07, 6.45) is 0. The van der Waals surface area contributed by atoms with Gasteiger partial charge in [-0.2, -0.15) is 0 Å². The SMILES string of the molecule is OCc1c(Nc2ccccc2)ccc2ccccc12. The Bertz CT molecular complexity index is 692. The average molecular weight is 249 g/mol. The molecular formula is C17H15NO. The Hall–Kier alpha value is -2.32. The number of aliphatic hydroxyl groups excluding tert-OH is 1. The quantitative estimate of drug-likeness (QED) is 0.733. The molecule has 0 aliphatic rings. The largest absolute Gasteiger partial charge is 0.392 e. The van der Waals surface area contributed by atoms with Crippen LogP contribution in [0, 0.1) is 0 Å². The van der Waals surface area contributed by atoms with Crippen LogP contribution in [0.3, 0.4) is 0 Å². The molecule has 0 aromatic heterocycles. The van der Waals surface area contributed by atoms with E-state index >= 15 is 0 Å². The van der Waals surface area contributed by atoms with E-state index in [0.29, 0.717) is 0 Å².